The summed E-state index contributed by atoms with van der Waals surface area (Å²) < 4.78 is 4.52. The van der Waals surface area contributed by atoms with Crippen LogP contribution in [0, 0.1) is 4.77 Å². The van der Waals surface area contributed by atoms with Crippen molar-refractivity contribution in [2.45, 2.75) is 0 Å². The van der Waals surface area contributed by atoms with Crippen LogP contribution in [0.15, 0.2) is 17.3 Å². The Balaban J connectivity index is 3.64. The zero-order valence-corrected chi connectivity index (χ0v) is 7.72. The first-order valence-corrected chi connectivity index (χ1v) is 3.73. The molecule has 0 fully saturated rings. The van der Waals surface area contributed by atoms with Gasteiger partial charge in [0.2, 0.25) is 0 Å². The molecule has 0 radical (unpaired) electrons. The van der Waals surface area contributed by atoms with Crippen molar-refractivity contribution in [3.63, 3.8) is 0 Å². The molecule has 60 valence electrons. The fourth-order valence-corrected chi connectivity index (χ4v) is 1.07. The van der Waals surface area contributed by atoms with Gasteiger partial charge in [0.25, 0.3) is 0 Å². The lowest BCUT2D eigenvalue weighted by Crippen LogP contribution is -2.20. The molecule has 0 aliphatic rings. The molecule has 0 spiro atoms. The van der Waals surface area contributed by atoms with Gasteiger partial charge in [-0.3, -0.25) is 4.99 Å². The molecule has 11 heavy (non-hydrogen) atoms. The van der Waals surface area contributed by atoms with Crippen LogP contribution in [0.5, 0.6) is 0 Å². The van der Waals surface area contributed by atoms with E-state index in [1.807, 2.05) is 35.5 Å². The molecule has 0 aromatic carbocycles. The molecule has 0 amide bonds. The van der Waals surface area contributed by atoms with Gasteiger partial charge in [-0.25, -0.2) is 0 Å². The van der Waals surface area contributed by atoms with E-state index in [0.29, 0.717) is 0 Å². The van der Waals surface area contributed by atoms with Crippen molar-refractivity contribution in [2.24, 2.45) is 19.1 Å². The molecular weight excluding hydrogens is 158 g/mol. The summed E-state index contributed by atoms with van der Waals surface area (Å²) in [5.74, 6) is 0. The fraction of sp³-hybridized carbons (Fsp3) is 0.429. The van der Waals surface area contributed by atoms with Crippen LogP contribution in [0.25, 0.3) is 0 Å². The summed E-state index contributed by atoms with van der Waals surface area (Å²) in [4.78, 5) is 4.06. The molecular formula is C7H11N3S. The van der Waals surface area contributed by atoms with Crippen molar-refractivity contribution in [3.05, 3.63) is 22.5 Å². The summed E-state index contributed by atoms with van der Waals surface area (Å²) in [5.41, 5.74) is 0.896. The topological polar surface area (TPSA) is 22.2 Å². The highest BCUT2D eigenvalue weighted by Crippen LogP contribution is 1.83. The zero-order chi connectivity index (χ0) is 8.43. The quantitative estimate of drug-likeness (QED) is 0.522. The first-order chi connectivity index (χ1) is 5.16. The summed E-state index contributed by atoms with van der Waals surface area (Å²) in [6.45, 7) is 0. The Morgan fingerprint density at radius 2 is 2.09 bits per heavy atom. The van der Waals surface area contributed by atoms with Crippen LogP contribution in [0.3, 0.4) is 0 Å². The molecule has 0 aliphatic heterocycles. The monoisotopic (exact) mass is 169 g/mol. The van der Waals surface area contributed by atoms with Crippen LogP contribution >= 0.6 is 12.2 Å². The van der Waals surface area contributed by atoms with E-state index in [-0.39, 0.29) is 0 Å². The lowest BCUT2D eigenvalue weighted by molar-refractivity contribution is 0.703. The summed E-state index contributed by atoms with van der Waals surface area (Å²) >= 11 is 5.11. The Morgan fingerprint density at radius 1 is 1.45 bits per heavy atom. The summed E-state index contributed by atoms with van der Waals surface area (Å²) in [7, 11) is 5.58. The first-order valence-electron chi connectivity index (χ1n) is 3.32. The van der Waals surface area contributed by atoms with Crippen molar-refractivity contribution < 1.29 is 0 Å². The number of nitrogens with zero attached hydrogens (tertiary/aromatic N) is 3. The molecule has 1 heterocycles. The Labute approximate surface area is 70.6 Å². The molecule has 1 aromatic rings. The summed E-state index contributed by atoms with van der Waals surface area (Å²) in [5, 5.41) is 0. The summed E-state index contributed by atoms with van der Waals surface area (Å²) in [6.07, 6.45) is 1.91. The second-order valence-corrected chi connectivity index (χ2v) is 2.72. The zero-order valence-electron chi connectivity index (χ0n) is 6.90. The Kier molecular flexibility index (Phi) is 2.24. The third-order valence-electron chi connectivity index (χ3n) is 1.61. The molecule has 1 aromatic heterocycles. The van der Waals surface area contributed by atoms with E-state index in [2.05, 4.69) is 4.99 Å². The fourth-order valence-electron chi connectivity index (χ4n) is 0.913. The van der Waals surface area contributed by atoms with Gasteiger partial charge in [0.05, 0.1) is 0 Å². The average molecular weight is 169 g/mol. The third-order valence-corrected chi connectivity index (χ3v) is 2.17. The van der Waals surface area contributed by atoms with Gasteiger partial charge in [-0.1, -0.05) is 0 Å². The van der Waals surface area contributed by atoms with E-state index in [1.54, 1.807) is 7.05 Å². The largest absolute Gasteiger partial charge is 0.328 e. The van der Waals surface area contributed by atoms with Crippen LogP contribution in [0.2, 0.25) is 0 Å². The Morgan fingerprint density at radius 3 is 2.64 bits per heavy atom. The van der Waals surface area contributed by atoms with Gasteiger partial charge in [-0.2, -0.15) is 0 Å². The van der Waals surface area contributed by atoms with Crippen LogP contribution in [0.4, 0.5) is 0 Å². The second kappa shape index (κ2) is 3.00. The van der Waals surface area contributed by atoms with Gasteiger partial charge < -0.3 is 9.13 Å². The maximum Gasteiger partial charge on any atom is 0.180 e. The molecule has 0 N–H and O–H groups in total. The minimum Gasteiger partial charge on any atom is -0.328 e. The predicted octanol–water partition coefficient (Wildman–Crippen LogP) is 0.624. The number of rotatable bonds is 0. The Hall–Kier alpha value is -0.900. The maximum absolute atomic E-state index is 5.11. The average Bonchev–Trinajstić information content (AvgIpc) is 2.01. The van der Waals surface area contributed by atoms with Gasteiger partial charge in [0, 0.05) is 27.3 Å². The third kappa shape index (κ3) is 1.40. The van der Waals surface area contributed by atoms with E-state index in [1.165, 1.54) is 0 Å². The van der Waals surface area contributed by atoms with Crippen molar-refractivity contribution in [2.75, 3.05) is 7.05 Å². The summed E-state index contributed by atoms with van der Waals surface area (Å²) in [6, 6.07) is 1.93. The van der Waals surface area contributed by atoms with Crippen molar-refractivity contribution >= 4 is 12.2 Å². The van der Waals surface area contributed by atoms with Gasteiger partial charge in [-0.15, -0.1) is 0 Å². The van der Waals surface area contributed by atoms with E-state index in [0.717, 1.165) is 10.3 Å². The minimum absolute atomic E-state index is 0.771. The molecule has 0 aliphatic carbocycles. The van der Waals surface area contributed by atoms with Crippen molar-refractivity contribution in [1.82, 2.24) is 9.13 Å². The highest BCUT2D eigenvalue weighted by atomic mass is 32.1. The maximum atomic E-state index is 5.11. The first kappa shape index (κ1) is 8.20. The molecule has 1 rings (SSSR count). The number of hydrogen-bond donors (Lipinski definition) is 0. The van der Waals surface area contributed by atoms with E-state index in [4.69, 9.17) is 12.2 Å². The normalized spacial score (nSPS) is 12.1. The minimum atomic E-state index is 0.771. The molecule has 0 bridgehead atoms. The van der Waals surface area contributed by atoms with E-state index >= 15 is 0 Å². The molecule has 0 saturated carbocycles. The molecule has 3 nitrogen and oxygen atoms in total. The number of aryl methyl sites for hydroxylation is 1. The van der Waals surface area contributed by atoms with Gasteiger partial charge >= 0.3 is 0 Å². The Bertz CT molecular complexity index is 372. The highest BCUT2D eigenvalue weighted by Gasteiger charge is 1.89. The smallest absolute Gasteiger partial charge is 0.180 e. The van der Waals surface area contributed by atoms with Gasteiger partial charge in [0.1, 0.15) is 5.49 Å². The standard InChI is InChI=1S/C7H11N3S/c1-8-6-4-5-9(2)7(11)10(6)3/h4-5H,1-3H3. The van der Waals surface area contributed by atoms with E-state index in [9.17, 15) is 0 Å². The number of aromatic nitrogens is 2. The molecule has 0 unspecified atom stereocenters. The second-order valence-electron chi connectivity index (χ2n) is 2.35. The van der Waals surface area contributed by atoms with Crippen LogP contribution in [-0.4, -0.2) is 16.2 Å². The highest BCUT2D eigenvalue weighted by molar-refractivity contribution is 7.71. The SMILES string of the molecule is CN=c1ccn(C)c(=S)n1C. The number of hydrogen-bond acceptors (Lipinski definition) is 2. The van der Waals surface area contributed by atoms with Gasteiger partial charge in [0.15, 0.2) is 4.77 Å². The molecule has 0 saturated heterocycles. The molecule has 0 atom stereocenters. The lowest BCUT2D eigenvalue weighted by Gasteiger charge is -2.03. The van der Waals surface area contributed by atoms with Gasteiger partial charge in [-0.05, 0) is 18.3 Å². The van der Waals surface area contributed by atoms with Crippen LogP contribution < -0.4 is 5.49 Å². The van der Waals surface area contributed by atoms with Crippen molar-refractivity contribution in [3.8, 4) is 0 Å². The molecule has 4 heteroatoms. The lowest BCUT2D eigenvalue weighted by atomic mass is 10.6. The predicted molar refractivity (Wildman–Crippen MR) is 46.7 cm³/mol. The van der Waals surface area contributed by atoms with E-state index < -0.39 is 0 Å². The van der Waals surface area contributed by atoms with Crippen LogP contribution in [-0.2, 0) is 14.1 Å². The van der Waals surface area contributed by atoms with Crippen LogP contribution in [0.1, 0.15) is 0 Å². The van der Waals surface area contributed by atoms with Crippen molar-refractivity contribution in [1.29, 1.82) is 0 Å².